The van der Waals surface area contributed by atoms with Crippen LogP contribution in [0.25, 0.3) is 0 Å². The van der Waals surface area contributed by atoms with E-state index < -0.39 is 24.4 Å². The predicted octanol–water partition coefficient (Wildman–Crippen LogP) is 2.78. The Kier molecular flexibility index (Phi) is 1.73. The molecule has 1 saturated carbocycles. The van der Waals surface area contributed by atoms with Crippen molar-refractivity contribution in [1.29, 1.82) is 5.26 Å². The maximum absolute atomic E-state index is 11.6. The van der Waals surface area contributed by atoms with Gasteiger partial charge in [-0.25, -0.2) is 0 Å². The largest absolute Gasteiger partial charge is 0.300 e. The van der Waals surface area contributed by atoms with E-state index in [9.17, 15) is 4.79 Å². The van der Waals surface area contributed by atoms with Gasteiger partial charge in [0.1, 0.15) is 5.78 Å². The molecule has 1 aromatic carbocycles. The van der Waals surface area contributed by atoms with E-state index >= 15 is 0 Å². The van der Waals surface area contributed by atoms with Crippen LogP contribution in [-0.2, 0) is 4.79 Å². The minimum atomic E-state index is -2.47. The number of nitriles is 1. The molecule has 0 amide bonds. The molecular weight excluding hydrogens is 186 g/mol. The van der Waals surface area contributed by atoms with Gasteiger partial charge in [-0.05, 0) is 36.4 Å². The molecule has 0 aliphatic heterocycles. The third kappa shape index (κ3) is 2.24. The molecule has 2 heteroatoms. The summed E-state index contributed by atoms with van der Waals surface area (Å²) in [6.07, 6.45) is -4.38. The lowest BCUT2D eigenvalue weighted by Gasteiger charge is -2.21. The lowest BCUT2D eigenvalue weighted by atomic mass is 9.83. The molecule has 0 aromatic heterocycles. The smallest absolute Gasteiger partial charge is 0.132 e. The molecule has 1 atom stereocenters. The minimum Gasteiger partial charge on any atom is -0.300 e. The highest BCUT2D eigenvalue weighted by Crippen LogP contribution is 2.30. The van der Waals surface area contributed by atoms with E-state index in [1.807, 2.05) is 6.07 Å². The van der Waals surface area contributed by atoms with E-state index in [0.29, 0.717) is 11.1 Å². The zero-order valence-electron chi connectivity index (χ0n) is 12.2. The van der Waals surface area contributed by atoms with Gasteiger partial charge in [-0.3, -0.25) is 4.79 Å². The summed E-state index contributed by atoms with van der Waals surface area (Å²) < 4.78 is 31.3. The Hall–Kier alpha value is -1.62. The number of carbonyl (C=O) groups is 1. The number of carbonyl (C=O) groups excluding carboxylic acids is 1. The lowest BCUT2D eigenvalue weighted by Crippen LogP contribution is -2.12. The molecule has 15 heavy (non-hydrogen) atoms. The highest BCUT2D eigenvalue weighted by atomic mass is 16.1. The van der Waals surface area contributed by atoms with Crippen LogP contribution >= 0.6 is 0 Å². The van der Waals surface area contributed by atoms with Crippen molar-refractivity contribution >= 4 is 5.78 Å². The summed E-state index contributed by atoms with van der Waals surface area (Å²) >= 11 is 0. The van der Waals surface area contributed by atoms with Crippen LogP contribution in [-0.4, -0.2) is 5.78 Å². The van der Waals surface area contributed by atoms with Crippen molar-refractivity contribution < 1.29 is 10.3 Å². The van der Waals surface area contributed by atoms with Gasteiger partial charge in [-0.2, -0.15) is 5.26 Å². The minimum absolute atomic E-state index is 0.0389. The maximum Gasteiger partial charge on any atom is 0.132 e. The number of hydrogen-bond donors (Lipinski definition) is 0. The number of rotatable bonds is 1. The molecule has 1 fully saturated rings. The van der Waals surface area contributed by atoms with Gasteiger partial charge in [0, 0.05) is 18.3 Å². The van der Waals surface area contributed by atoms with E-state index in [2.05, 4.69) is 0 Å². The van der Waals surface area contributed by atoms with Crippen LogP contribution in [0.4, 0.5) is 0 Å². The number of ketones is 1. The fourth-order valence-electron chi connectivity index (χ4n) is 1.62. The van der Waals surface area contributed by atoms with Crippen molar-refractivity contribution in [3.05, 3.63) is 35.4 Å². The van der Waals surface area contributed by atoms with E-state index in [-0.39, 0.29) is 12.8 Å². The fourth-order valence-corrected chi connectivity index (χ4v) is 1.62. The van der Waals surface area contributed by atoms with Crippen LogP contribution in [0.5, 0.6) is 0 Å². The third-order valence-electron chi connectivity index (χ3n) is 2.49. The van der Waals surface area contributed by atoms with E-state index in [4.69, 9.17) is 10.7 Å². The van der Waals surface area contributed by atoms with Gasteiger partial charge in [-0.1, -0.05) is 12.1 Å². The van der Waals surface area contributed by atoms with Crippen LogP contribution in [0.2, 0.25) is 0 Å². The molecule has 0 radical (unpaired) electrons. The molecule has 0 N–H and O–H groups in total. The fraction of sp³-hybridized carbons (Fsp3) is 0.385. The third-order valence-corrected chi connectivity index (χ3v) is 2.49. The summed E-state index contributed by atoms with van der Waals surface area (Å²) in [5.41, 5.74) is 1.10. The Balaban J connectivity index is 2.39. The second-order valence-electron chi connectivity index (χ2n) is 3.52. The van der Waals surface area contributed by atoms with Crippen molar-refractivity contribution in [3.63, 3.8) is 0 Å². The van der Waals surface area contributed by atoms with Crippen molar-refractivity contribution in [1.82, 2.24) is 0 Å². The van der Waals surface area contributed by atoms with Gasteiger partial charge >= 0.3 is 0 Å². The first kappa shape index (κ1) is 6.07. The van der Waals surface area contributed by atoms with Crippen LogP contribution in [0.15, 0.2) is 24.3 Å². The molecule has 1 aromatic rings. The number of nitrogens with zero attached hydrogens (tertiary/aromatic N) is 1. The monoisotopic (exact) mass is 203 g/mol. The summed E-state index contributed by atoms with van der Waals surface area (Å²) in [7, 11) is 0. The average Bonchev–Trinajstić information content (AvgIpc) is 2.37. The Labute approximate surface area is 95.2 Å². The molecule has 0 saturated heterocycles. The van der Waals surface area contributed by atoms with Gasteiger partial charge in [0.05, 0.1) is 11.6 Å². The summed E-state index contributed by atoms with van der Waals surface area (Å²) in [6, 6.07) is 8.40. The first-order chi connectivity index (χ1) is 8.80. The molecule has 1 aliphatic carbocycles. The van der Waals surface area contributed by atoms with Crippen LogP contribution < -0.4 is 0 Å². The molecule has 2 nitrogen and oxygen atoms in total. The van der Waals surface area contributed by atoms with Gasteiger partial charge in [0.25, 0.3) is 0 Å². The molecule has 0 bridgehead atoms. The molecule has 1 unspecified atom stereocenters. The van der Waals surface area contributed by atoms with Crippen molar-refractivity contribution in [3.8, 4) is 6.07 Å². The first-order valence-electron chi connectivity index (χ1n) is 6.84. The highest BCUT2D eigenvalue weighted by Gasteiger charge is 2.19. The molecule has 76 valence electrons. The lowest BCUT2D eigenvalue weighted by molar-refractivity contribution is -0.120. The zero-order chi connectivity index (χ0) is 14.3. The Bertz CT molecular complexity index is 545. The summed E-state index contributed by atoms with van der Waals surface area (Å²) in [5.74, 6) is -1.35. The molecular formula is C13H13NO. The van der Waals surface area contributed by atoms with E-state index in [1.165, 1.54) is 0 Å². The van der Waals surface area contributed by atoms with Crippen molar-refractivity contribution in [2.24, 2.45) is 0 Å². The summed E-state index contributed by atoms with van der Waals surface area (Å²) in [5, 5.41) is 8.73. The highest BCUT2D eigenvalue weighted by molar-refractivity contribution is 5.79. The van der Waals surface area contributed by atoms with Crippen molar-refractivity contribution in [2.45, 2.75) is 31.5 Å². The number of hydrogen-bond acceptors (Lipinski definition) is 2. The molecule has 1 aliphatic rings. The molecule has 2 rings (SSSR count). The Morgan fingerprint density at radius 1 is 1.40 bits per heavy atom. The van der Waals surface area contributed by atoms with Gasteiger partial charge in [0.2, 0.25) is 0 Å². The number of Topliss-reactive ketones (excluding diaryl/α,β-unsaturated/α-hetero) is 1. The van der Waals surface area contributed by atoms with Crippen molar-refractivity contribution in [2.75, 3.05) is 0 Å². The predicted molar refractivity (Wildman–Crippen MR) is 57.4 cm³/mol. The second kappa shape index (κ2) is 4.27. The summed E-state index contributed by atoms with van der Waals surface area (Å²) in [6.45, 7) is 0. The first-order valence-corrected chi connectivity index (χ1v) is 4.84. The summed E-state index contributed by atoms with van der Waals surface area (Å²) in [4.78, 5) is 11.6. The maximum atomic E-state index is 11.6. The van der Waals surface area contributed by atoms with Crippen LogP contribution in [0.3, 0.4) is 0 Å². The SMILES string of the molecule is [2H]C1([2H])C(=O)CCC(c2ccc(C#N)cc2)C1([2H])[2H]. The Morgan fingerprint density at radius 2 is 2.13 bits per heavy atom. The molecule has 0 heterocycles. The zero-order valence-corrected chi connectivity index (χ0v) is 8.16. The topological polar surface area (TPSA) is 40.9 Å². The average molecular weight is 203 g/mol. The van der Waals surface area contributed by atoms with Crippen LogP contribution in [0.1, 0.15) is 48.1 Å². The van der Waals surface area contributed by atoms with Gasteiger partial charge in [-0.15, -0.1) is 0 Å². The van der Waals surface area contributed by atoms with E-state index in [1.54, 1.807) is 24.3 Å². The normalized spacial score (nSPS) is 31.7. The van der Waals surface area contributed by atoms with Gasteiger partial charge < -0.3 is 0 Å². The Morgan fingerprint density at radius 3 is 2.80 bits per heavy atom. The standard InChI is InChI=1S/C13H13NO/c14-9-10-1-3-11(4-2-10)12-5-7-13(15)8-6-12/h1-4,12H,5-8H2/i5D2,7D2. The van der Waals surface area contributed by atoms with Gasteiger partial charge in [0.15, 0.2) is 0 Å². The molecule has 0 spiro atoms. The van der Waals surface area contributed by atoms with E-state index in [0.717, 1.165) is 0 Å². The van der Waals surface area contributed by atoms with Crippen LogP contribution in [0, 0.1) is 11.3 Å². The number of benzene rings is 1. The quantitative estimate of drug-likeness (QED) is 0.704. The second-order valence-corrected chi connectivity index (χ2v) is 3.52.